The van der Waals surface area contributed by atoms with Crippen molar-refractivity contribution in [3.8, 4) is 11.5 Å². The van der Waals surface area contributed by atoms with Gasteiger partial charge >= 0.3 is 0 Å². The molecule has 0 amide bonds. The molecule has 0 radical (unpaired) electrons. The summed E-state index contributed by atoms with van der Waals surface area (Å²) in [6.07, 6.45) is 0.948. The summed E-state index contributed by atoms with van der Waals surface area (Å²) in [4.78, 5) is 1.35. The Hall–Kier alpha value is -1.04. The van der Waals surface area contributed by atoms with Gasteiger partial charge in [-0.15, -0.1) is 11.3 Å². The van der Waals surface area contributed by atoms with Crippen molar-refractivity contribution in [3.05, 3.63) is 44.6 Å². The number of nitrogens with one attached hydrogen (secondary N) is 1. The standard InChI is InChI=1S/C16H18BrNO2S/c1-2-18-14(9-12-8-11(17)10-21-12)13-4-3-5-15-16(13)20-7-6-19-15/h3-5,8,10,14,18H,2,6-7,9H2,1H3. The molecule has 0 bridgehead atoms. The Morgan fingerprint density at radius 2 is 2.19 bits per heavy atom. The van der Waals surface area contributed by atoms with Crippen molar-refractivity contribution in [2.45, 2.75) is 19.4 Å². The zero-order valence-corrected chi connectivity index (χ0v) is 14.3. The van der Waals surface area contributed by atoms with Crippen LogP contribution < -0.4 is 14.8 Å². The fourth-order valence-corrected chi connectivity index (χ4v) is 4.07. The van der Waals surface area contributed by atoms with E-state index in [2.05, 4.69) is 45.7 Å². The molecule has 2 heterocycles. The SMILES string of the molecule is CCNC(Cc1cc(Br)cs1)c1cccc2c1OCCO2. The van der Waals surface area contributed by atoms with E-state index in [9.17, 15) is 0 Å². The maximum atomic E-state index is 5.85. The highest BCUT2D eigenvalue weighted by atomic mass is 79.9. The first-order valence-electron chi connectivity index (χ1n) is 7.12. The van der Waals surface area contributed by atoms with E-state index in [0.717, 1.165) is 28.9 Å². The smallest absolute Gasteiger partial charge is 0.166 e. The van der Waals surface area contributed by atoms with Crippen LogP contribution in [-0.2, 0) is 6.42 Å². The molecule has 1 N–H and O–H groups in total. The minimum Gasteiger partial charge on any atom is -0.486 e. The largest absolute Gasteiger partial charge is 0.486 e. The monoisotopic (exact) mass is 367 g/mol. The van der Waals surface area contributed by atoms with Gasteiger partial charge in [0.2, 0.25) is 0 Å². The molecular weight excluding hydrogens is 350 g/mol. The number of halogens is 1. The Balaban J connectivity index is 1.90. The molecule has 1 aromatic heterocycles. The molecule has 5 heteroatoms. The molecule has 112 valence electrons. The van der Waals surface area contributed by atoms with Crippen LogP contribution in [-0.4, -0.2) is 19.8 Å². The van der Waals surface area contributed by atoms with Crippen LogP contribution in [0.4, 0.5) is 0 Å². The molecule has 0 spiro atoms. The molecule has 21 heavy (non-hydrogen) atoms. The van der Waals surface area contributed by atoms with E-state index < -0.39 is 0 Å². The van der Waals surface area contributed by atoms with Crippen LogP contribution >= 0.6 is 27.3 Å². The Morgan fingerprint density at radius 3 is 2.95 bits per heavy atom. The number of thiophene rings is 1. The predicted octanol–water partition coefficient (Wildman–Crippen LogP) is 4.18. The van der Waals surface area contributed by atoms with Crippen molar-refractivity contribution in [2.75, 3.05) is 19.8 Å². The van der Waals surface area contributed by atoms with Crippen LogP contribution in [0.1, 0.15) is 23.4 Å². The maximum Gasteiger partial charge on any atom is 0.166 e. The highest BCUT2D eigenvalue weighted by molar-refractivity contribution is 9.10. The molecule has 0 aliphatic carbocycles. The zero-order valence-electron chi connectivity index (χ0n) is 11.9. The van der Waals surface area contributed by atoms with Gasteiger partial charge in [-0.3, -0.25) is 0 Å². The van der Waals surface area contributed by atoms with E-state index in [-0.39, 0.29) is 6.04 Å². The molecule has 0 saturated carbocycles. The Bertz CT molecular complexity index is 614. The Morgan fingerprint density at radius 1 is 1.33 bits per heavy atom. The van der Waals surface area contributed by atoms with Gasteiger partial charge in [-0.05, 0) is 34.6 Å². The third kappa shape index (κ3) is 3.42. The quantitative estimate of drug-likeness (QED) is 0.859. The van der Waals surface area contributed by atoms with Gasteiger partial charge in [0, 0.05) is 32.8 Å². The van der Waals surface area contributed by atoms with E-state index >= 15 is 0 Å². The number of hydrogen-bond acceptors (Lipinski definition) is 4. The molecule has 2 aromatic rings. The van der Waals surface area contributed by atoms with Gasteiger partial charge in [-0.1, -0.05) is 19.1 Å². The second-order valence-electron chi connectivity index (χ2n) is 4.92. The average molecular weight is 368 g/mol. The molecule has 1 aliphatic rings. The van der Waals surface area contributed by atoms with E-state index in [1.807, 2.05) is 12.1 Å². The normalized spacial score (nSPS) is 15.0. The highest BCUT2D eigenvalue weighted by Gasteiger charge is 2.22. The minimum atomic E-state index is 0.234. The molecule has 1 unspecified atom stereocenters. The van der Waals surface area contributed by atoms with Crippen molar-refractivity contribution in [3.63, 3.8) is 0 Å². The lowest BCUT2D eigenvalue weighted by Gasteiger charge is -2.25. The van der Waals surface area contributed by atoms with E-state index in [1.165, 1.54) is 10.4 Å². The lowest BCUT2D eigenvalue weighted by molar-refractivity contribution is 0.168. The van der Waals surface area contributed by atoms with Crippen molar-refractivity contribution in [1.82, 2.24) is 5.32 Å². The van der Waals surface area contributed by atoms with Gasteiger partial charge in [0.15, 0.2) is 11.5 Å². The van der Waals surface area contributed by atoms with Crippen LogP contribution in [0.3, 0.4) is 0 Å². The summed E-state index contributed by atoms with van der Waals surface area (Å²) >= 11 is 5.30. The molecule has 0 saturated heterocycles. The topological polar surface area (TPSA) is 30.5 Å². The van der Waals surface area contributed by atoms with Crippen LogP contribution in [0.2, 0.25) is 0 Å². The molecule has 0 fully saturated rings. The van der Waals surface area contributed by atoms with Crippen LogP contribution in [0.5, 0.6) is 11.5 Å². The number of ether oxygens (including phenoxy) is 2. The highest BCUT2D eigenvalue weighted by Crippen LogP contribution is 2.38. The molecular formula is C16H18BrNO2S. The lowest BCUT2D eigenvalue weighted by Crippen LogP contribution is -2.25. The van der Waals surface area contributed by atoms with Crippen molar-refractivity contribution < 1.29 is 9.47 Å². The van der Waals surface area contributed by atoms with Gasteiger partial charge in [0.05, 0.1) is 0 Å². The molecule has 1 atom stereocenters. The first-order chi connectivity index (χ1) is 10.3. The third-order valence-electron chi connectivity index (χ3n) is 3.45. The molecule has 1 aromatic carbocycles. The number of rotatable bonds is 5. The fraction of sp³-hybridized carbons (Fsp3) is 0.375. The molecule has 3 nitrogen and oxygen atoms in total. The van der Waals surface area contributed by atoms with Crippen molar-refractivity contribution in [1.29, 1.82) is 0 Å². The molecule has 1 aliphatic heterocycles. The third-order valence-corrected chi connectivity index (χ3v) is 5.17. The second kappa shape index (κ2) is 6.81. The summed E-state index contributed by atoms with van der Waals surface area (Å²) in [6, 6.07) is 8.56. The van der Waals surface area contributed by atoms with Gasteiger partial charge in [0.25, 0.3) is 0 Å². The first kappa shape index (κ1) is 14.9. The summed E-state index contributed by atoms with van der Waals surface area (Å²) in [5.74, 6) is 1.75. The summed E-state index contributed by atoms with van der Waals surface area (Å²) < 4.78 is 12.7. The van der Waals surface area contributed by atoms with Crippen LogP contribution in [0, 0.1) is 0 Å². The van der Waals surface area contributed by atoms with Gasteiger partial charge in [0.1, 0.15) is 13.2 Å². The summed E-state index contributed by atoms with van der Waals surface area (Å²) in [5, 5.41) is 5.69. The Kier molecular flexibility index (Phi) is 4.83. The number of fused-ring (bicyclic) bond motifs is 1. The zero-order chi connectivity index (χ0) is 14.7. The predicted molar refractivity (Wildman–Crippen MR) is 89.6 cm³/mol. The lowest BCUT2D eigenvalue weighted by atomic mass is 10.0. The van der Waals surface area contributed by atoms with Gasteiger partial charge < -0.3 is 14.8 Å². The number of hydrogen-bond donors (Lipinski definition) is 1. The van der Waals surface area contributed by atoms with Crippen LogP contribution in [0.15, 0.2) is 34.1 Å². The Labute approximate surface area is 137 Å². The van der Waals surface area contributed by atoms with Crippen molar-refractivity contribution >= 4 is 27.3 Å². The molecule has 3 rings (SSSR count). The van der Waals surface area contributed by atoms with E-state index in [0.29, 0.717) is 13.2 Å². The van der Waals surface area contributed by atoms with Crippen molar-refractivity contribution in [2.24, 2.45) is 0 Å². The number of likely N-dealkylation sites (N-methyl/N-ethyl adjacent to an activating group) is 1. The summed E-state index contributed by atoms with van der Waals surface area (Å²) in [7, 11) is 0. The van der Waals surface area contributed by atoms with E-state index in [1.54, 1.807) is 11.3 Å². The first-order valence-corrected chi connectivity index (χ1v) is 8.80. The summed E-state index contributed by atoms with van der Waals surface area (Å²) in [6.45, 7) is 4.29. The van der Waals surface area contributed by atoms with Gasteiger partial charge in [-0.25, -0.2) is 0 Å². The average Bonchev–Trinajstić information content (AvgIpc) is 2.91. The number of para-hydroxylation sites is 1. The summed E-state index contributed by atoms with van der Waals surface area (Å²) in [5.41, 5.74) is 1.18. The van der Waals surface area contributed by atoms with E-state index in [4.69, 9.17) is 9.47 Å². The number of benzene rings is 1. The second-order valence-corrected chi connectivity index (χ2v) is 6.83. The van der Waals surface area contributed by atoms with Gasteiger partial charge in [-0.2, -0.15) is 0 Å². The minimum absolute atomic E-state index is 0.234. The fourth-order valence-electron chi connectivity index (χ4n) is 2.57. The maximum absolute atomic E-state index is 5.85. The van der Waals surface area contributed by atoms with Crippen LogP contribution in [0.25, 0.3) is 0 Å².